The predicted octanol–water partition coefficient (Wildman–Crippen LogP) is 7.15. The van der Waals surface area contributed by atoms with E-state index in [1.807, 2.05) is 0 Å². The van der Waals surface area contributed by atoms with Crippen LogP contribution < -0.4 is 16.0 Å². The van der Waals surface area contributed by atoms with Crippen LogP contribution in [0.1, 0.15) is 50.0 Å². The fraction of sp³-hybridized carbons (Fsp3) is 0.607. The van der Waals surface area contributed by atoms with Gasteiger partial charge in [-0.05, 0) is 68.7 Å². The number of hydrogen-bond donors (Lipinski definition) is 3. The number of carbonyl (C=O) groups is 1. The monoisotopic (exact) mass is 611 g/mol. The molecule has 0 spiro atoms. The topological polar surface area (TPSA) is 53.2 Å². The molecule has 4 nitrogen and oxygen atoms in total. The molecule has 0 aromatic heterocycles. The van der Waals surface area contributed by atoms with Crippen LogP contribution >= 0.6 is 23.2 Å². The third-order valence-electron chi connectivity index (χ3n) is 8.16. The van der Waals surface area contributed by atoms with Gasteiger partial charge in [-0.15, -0.1) is 0 Å². The van der Waals surface area contributed by atoms with Crippen molar-refractivity contribution < 1.29 is 31.1 Å². The van der Waals surface area contributed by atoms with Crippen molar-refractivity contribution in [3.63, 3.8) is 0 Å². The van der Waals surface area contributed by atoms with Crippen LogP contribution in [0.2, 0.25) is 10.0 Å². The van der Waals surface area contributed by atoms with E-state index in [1.54, 1.807) is 18.2 Å². The zero-order chi connectivity index (χ0) is 29.1. The van der Waals surface area contributed by atoms with Crippen molar-refractivity contribution in [2.24, 2.45) is 23.7 Å². The number of hydrogen-bond acceptors (Lipinski definition) is 3. The quantitative estimate of drug-likeness (QED) is 0.158. The van der Waals surface area contributed by atoms with Gasteiger partial charge in [0.15, 0.2) is 0 Å². The van der Waals surface area contributed by atoms with Crippen LogP contribution in [0, 0.1) is 23.7 Å². The van der Waals surface area contributed by atoms with E-state index < -0.39 is 55.4 Å². The third-order valence-corrected chi connectivity index (χ3v) is 8.90. The number of halogens is 8. The number of benzene rings is 1. The maximum Gasteiger partial charge on any atom is 0.395 e. The predicted molar refractivity (Wildman–Crippen MR) is 143 cm³/mol. The van der Waals surface area contributed by atoms with E-state index in [4.69, 9.17) is 23.2 Å². The minimum absolute atomic E-state index is 0.0830. The number of amides is 1. The summed E-state index contributed by atoms with van der Waals surface area (Å²) in [6.45, 7) is 1.73. The van der Waals surface area contributed by atoms with Gasteiger partial charge in [-0.25, -0.2) is 0 Å². The highest BCUT2D eigenvalue weighted by Crippen LogP contribution is 2.44. The van der Waals surface area contributed by atoms with Crippen LogP contribution in [0.25, 0.3) is 0 Å². The molecule has 222 valence electrons. The fourth-order valence-electron chi connectivity index (χ4n) is 5.97. The highest BCUT2D eigenvalue weighted by atomic mass is 35.5. The van der Waals surface area contributed by atoms with Gasteiger partial charge in [-0.1, -0.05) is 47.0 Å². The second-order valence-electron chi connectivity index (χ2n) is 10.9. The van der Waals surface area contributed by atoms with Gasteiger partial charge >= 0.3 is 12.4 Å². The molecule has 40 heavy (non-hydrogen) atoms. The molecule has 12 heteroatoms. The van der Waals surface area contributed by atoms with E-state index in [-0.39, 0.29) is 10.6 Å². The lowest BCUT2D eigenvalue weighted by atomic mass is 9.81. The standard InChI is InChI=1S/C28H33Cl2F6N3O/c29-23-6-5-17(11-24(23)30)22(7-8-37-14-18-15-38-25-4-2-1-3-21(18)25)26(40)39-13-16-9-19(27(31,32)33)12-20(10-16)28(34,35)36/h4-6,9,11,18-22,37-38H,1-3,7-8,10,12-15H2,(H,39,40)/t18?,19?,20?,21-,22?/m1/s1. The van der Waals surface area contributed by atoms with Gasteiger partial charge in [-0.3, -0.25) is 4.79 Å². The highest BCUT2D eigenvalue weighted by Gasteiger charge is 2.49. The zero-order valence-corrected chi connectivity index (χ0v) is 23.3. The SMILES string of the molecule is O=C(NCC1=CC(C(F)(F)F)CC(C(F)(F)F)C1)C(CCNCC1CNC2=CCCC[C@@H]21)c1ccc(Cl)c(Cl)c1. The number of alkyl halides is 6. The molecule has 0 radical (unpaired) electrons. The molecule has 1 heterocycles. The maximum absolute atomic E-state index is 13.4. The minimum Gasteiger partial charge on any atom is -0.388 e. The number of nitrogens with one attached hydrogen (secondary N) is 3. The molecule has 4 rings (SSSR count). The molecule has 0 bridgehead atoms. The van der Waals surface area contributed by atoms with Crippen molar-refractivity contribution in [2.45, 2.75) is 56.8 Å². The summed E-state index contributed by atoms with van der Waals surface area (Å²) in [5.74, 6) is -4.62. The summed E-state index contributed by atoms with van der Waals surface area (Å²) in [5, 5.41) is 10.0. The normalized spacial score (nSPS) is 25.9. The van der Waals surface area contributed by atoms with Crippen molar-refractivity contribution >= 4 is 29.1 Å². The Morgan fingerprint density at radius 3 is 2.58 bits per heavy atom. The molecule has 1 aromatic rings. The maximum atomic E-state index is 13.4. The van der Waals surface area contributed by atoms with Crippen LogP contribution in [0.5, 0.6) is 0 Å². The molecule has 1 aliphatic heterocycles. The van der Waals surface area contributed by atoms with Gasteiger partial charge in [-0.2, -0.15) is 26.3 Å². The second-order valence-corrected chi connectivity index (χ2v) is 11.7. The first kappa shape index (κ1) is 31.0. The summed E-state index contributed by atoms with van der Waals surface area (Å²) >= 11 is 12.2. The third kappa shape index (κ3) is 7.88. The molecule has 5 atom stereocenters. The first-order chi connectivity index (χ1) is 18.8. The Labute approximate surface area is 239 Å². The molecule has 1 aromatic carbocycles. The molecule has 2 aliphatic carbocycles. The molecule has 4 unspecified atom stereocenters. The van der Waals surface area contributed by atoms with E-state index in [0.717, 1.165) is 38.4 Å². The van der Waals surface area contributed by atoms with Gasteiger partial charge in [0.05, 0.1) is 27.8 Å². The van der Waals surface area contributed by atoms with Crippen LogP contribution in [0.3, 0.4) is 0 Å². The van der Waals surface area contributed by atoms with Gasteiger partial charge in [0.1, 0.15) is 0 Å². The average Bonchev–Trinajstić information content (AvgIpc) is 3.31. The molecular weight excluding hydrogens is 579 g/mol. The number of rotatable bonds is 9. The Kier molecular flexibility index (Phi) is 10.0. The van der Waals surface area contributed by atoms with E-state index in [0.29, 0.717) is 35.4 Å². The van der Waals surface area contributed by atoms with Crippen LogP contribution in [-0.2, 0) is 4.79 Å². The smallest absolute Gasteiger partial charge is 0.388 e. The Hall–Kier alpha value is -1.91. The van der Waals surface area contributed by atoms with E-state index in [2.05, 4.69) is 22.0 Å². The second kappa shape index (κ2) is 12.9. The van der Waals surface area contributed by atoms with E-state index in [1.165, 1.54) is 5.70 Å². The zero-order valence-electron chi connectivity index (χ0n) is 21.8. The van der Waals surface area contributed by atoms with Crippen molar-refractivity contribution in [1.82, 2.24) is 16.0 Å². The lowest BCUT2D eigenvalue weighted by Crippen LogP contribution is -2.38. The van der Waals surface area contributed by atoms with Crippen molar-refractivity contribution in [3.05, 3.63) is 57.2 Å². The summed E-state index contributed by atoms with van der Waals surface area (Å²) in [4.78, 5) is 13.3. The van der Waals surface area contributed by atoms with Gasteiger partial charge in [0.2, 0.25) is 5.91 Å². The summed E-state index contributed by atoms with van der Waals surface area (Å²) in [7, 11) is 0. The van der Waals surface area contributed by atoms with Crippen molar-refractivity contribution in [1.29, 1.82) is 0 Å². The van der Waals surface area contributed by atoms with Gasteiger partial charge < -0.3 is 16.0 Å². The molecular formula is C28H33Cl2F6N3O. The summed E-state index contributed by atoms with van der Waals surface area (Å²) < 4.78 is 80.1. The number of carbonyl (C=O) groups excluding carboxylic acids is 1. The van der Waals surface area contributed by atoms with Crippen molar-refractivity contribution in [2.75, 3.05) is 26.2 Å². The van der Waals surface area contributed by atoms with Gasteiger partial charge in [0.25, 0.3) is 0 Å². The lowest BCUT2D eigenvalue weighted by Gasteiger charge is -2.31. The minimum atomic E-state index is -4.80. The Bertz CT molecular complexity index is 1120. The average molecular weight is 612 g/mol. The van der Waals surface area contributed by atoms with Crippen molar-refractivity contribution in [3.8, 4) is 0 Å². The number of allylic oxidation sites excluding steroid dienone is 3. The Morgan fingerprint density at radius 1 is 1.10 bits per heavy atom. The molecule has 3 N–H and O–H groups in total. The van der Waals surface area contributed by atoms with Gasteiger partial charge in [0, 0.05) is 31.2 Å². The Balaban J connectivity index is 1.40. The summed E-state index contributed by atoms with van der Waals surface area (Å²) in [6.07, 6.45) is -4.36. The van der Waals surface area contributed by atoms with E-state index in [9.17, 15) is 31.1 Å². The number of fused-ring (bicyclic) bond motifs is 1. The molecule has 0 saturated carbocycles. The first-order valence-electron chi connectivity index (χ1n) is 13.5. The summed E-state index contributed by atoms with van der Waals surface area (Å²) in [6, 6.07) is 4.77. The summed E-state index contributed by atoms with van der Waals surface area (Å²) in [5.41, 5.74) is 1.79. The van der Waals surface area contributed by atoms with Crippen LogP contribution in [0.15, 0.2) is 41.6 Å². The van der Waals surface area contributed by atoms with Crippen LogP contribution in [-0.4, -0.2) is 44.4 Å². The molecule has 3 aliphatic rings. The lowest BCUT2D eigenvalue weighted by molar-refractivity contribution is -0.205. The molecule has 1 fully saturated rings. The molecule has 1 saturated heterocycles. The largest absolute Gasteiger partial charge is 0.395 e. The first-order valence-corrected chi connectivity index (χ1v) is 14.3. The highest BCUT2D eigenvalue weighted by molar-refractivity contribution is 6.42. The Morgan fingerprint density at radius 2 is 1.88 bits per heavy atom. The fourth-order valence-corrected chi connectivity index (χ4v) is 6.28. The molecule has 1 amide bonds. The van der Waals surface area contributed by atoms with Crippen LogP contribution in [0.4, 0.5) is 26.3 Å². The van der Waals surface area contributed by atoms with E-state index >= 15 is 0 Å².